The molecule has 0 fully saturated rings. The molecule has 0 spiro atoms. The summed E-state index contributed by atoms with van der Waals surface area (Å²) in [5.74, 6) is -0.514. The first-order valence-electron chi connectivity index (χ1n) is 10.7. The fourth-order valence-electron chi connectivity index (χ4n) is 3.67. The summed E-state index contributed by atoms with van der Waals surface area (Å²) in [5, 5.41) is 15.4. The van der Waals surface area contributed by atoms with E-state index in [2.05, 4.69) is 15.6 Å². The molecule has 0 radical (unpaired) electrons. The smallest absolute Gasteiger partial charge is 0.326 e. The SMILES string of the molecule is CNc1cccc(CCCc2ccc(C[C@H](NC(=O)c3c(C)cccc3C)C(=O)O)s2)n1. The Hall–Kier alpha value is -3.19. The van der Waals surface area contributed by atoms with Crippen molar-refractivity contribution in [1.29, 1.82) is 0 Å². The summed E-state index contributed by atoms with van der Waals surface area (Å²) in [6, 6.07) is 14.6. The third-order valence-electron chi connectivity index (χ3n) is 5.35. The highest BCUT2D eigenvalue weighted by Gasteiger charge is 2.23. The number of nitrogens with one attached hydrogen (secondary N) is 2. The minimum atomic E-state index is -1.03. The van der Waals surface area contributed by atoms with Crippen molar-refractivity contribution in [2.75, 3.05) is 12.4 Å². The maximum atomic E-state index is 12.7. The van der Waals surface area contributed by atoms with Crippen LogP contribution in [-0.4, -0.2) is 35.1 Å². The number of pyridine rings is 1. The molecule has 0 saturated heterocycles. The van der Waals surface area contributed by atoms with E-state index in [1.54, 1.807) is 11.3 Å². The van der Waals surface area contributed by atoms with E-state index in [0.717, 1.165) is 46.8 Å². The second-order valence-corrected chi connectivity index (χ2v) is 9.07. The Morgan fingerprint density at radius 2 is 1.69 bits per heavy atom. The Kier molecular flexibility index (Phi) is 8.00. The fourth-order valence-corrected chi connectivity index (χ4v) is 4.78. The number of aromatic nitrogens is 1. The number of hydrogen-bond donors (Lipinski definition) is 3. The molecule has 0 bridgehead atoms. The zero-order valence-corrected chi connectivity index (χ0v) is 19.5. The number of carbonyl (C=O) groups is 2. The number of thiophene rings is 1. The number of anilines is 1. The van der Waals surface area contributed by atoms with E-state index in [4.69, 9.17) is 0 Å². The van der Waals surface area contributed by atoms with Gasteiger partial charge < -0.3 is 15.7 Å². The molecule has 32 heavy (non-hydrogen) atoms. The van der Waals surface area contributed by atoms with Gasteiger partial charge in [0.1, 0.15) is 11.9 Å². The predicted molar refractivity (Wildman–Crippen MR) is 129 cm³/mol. The van der Waals surface area contributed by atoms with Crippen LogP contribution in [0.5, 0.6) is 0 Å². The number of carboxylic acids is 1. The van der Waals surface area contributed by atoms with Crippen molar-refractivity contribution in [3.63, 3.8) is 0 Å². The molecule has 2 heterocycles. The van der Waals surface area contributed by atoms with Crippen molar-refractivity contribution in [2.45, 2.75) is 45.6 Å². The van der Waals surface area contributed by atoms with Crippen LogP contribution in [0.25, 0.3) is 0 Å². The van der Waals surface area contributed by atoms with Crippen molar-refractivity contribution in [3.8, 4) is 0 Å². The van der Waals surface area contributed by atoms with Crippen LogP contribution in [0.1, 0.15) is 43.4 Å². The van der Waals surface area contributed by atoms with Crippen LogP contribution in [0, 0.1) is 13.8 Å². The van der Waals surface area contributed by atoms with E-state index in [-0.39, 0.29) is 12.3 Å². The van der Waals surface area contributed by atoms with Gasteiger partial charge >= 0.3 is 5.97 Å². The number of rotatable bonds is 10. The summed E-state index contributed by atoms with van der Waals surface area (Å²) >= 11 is 1.60. The molecule has 3 rings (SSSR count). The molecule has 3 N–H and O–H groups in total. The first-order chi connectivity index (χ1) is 15.4. The van der Waals surface area contributed by atoms with Gasteiger partial charge in [-0.25, -0.2) is 9.78 Å². The van der Waals surface area contributed by atoms with Crippen molar-refractivity contribution >= 4 is 29.0 Å². The molecule has 1 amide bonds. The third-order valence-corrected chi connectivity index (χ3v) is 6.52. The van der Waals surface area contributed by atoms with Gasteiger partial charge in [0.25, 0.3) is 5.91 Å². The highest BCUT2D eigenvalue weighted by atomic mass is 32.1. The molecule has 0 aliphatic carbocycles. The van der Waals surface area contributed by atoms with Gasteiger partial charge in [-0.15, -0.1) is 11.3 Å². The lowest BCUT2D eigenvalue weighted by Gasteiger charge is -2.16. The highest BCUT2D eigenvalue weighted by molar-refractivity contribution is 7.12. The minimum Gasteiger partial charge on any atom is -0.480 e. The summed E-state index contributed by atoms with van der Waals surface area (Å²) in [6.45, 7) is 3.71. The average molecular weight is 452 g/mol. The lowest BCUT2D eigenvalue weighted by atomic mass is 10.0. The monoisotopic (exact) mass is 451 g/mol. The molecule has 1 aromatic carbocycles. The number of aliphatic carboxylic acids is 1. The number of benzene rings is 1. The average Bonchev–Trinajstić information content (AvgIpc) is 3.20. The highest BCUT2D eigenvalue weighted by Crippen LogP contribution is 2.21. The van der Waals surface area contributed by atoms with Crippen molar-refractivity contribution in [2.24, 2.45) is 0 Å². The van der Waals surface area contributed by atoms with Gasteiger partial charge in [-0.1, -0.05) is 24.3 Å². The van der Waals surface area contributed by atoms with Crippen molar-refractivity contribution in [3.05, 3.63) is 80.7 Å². The quantitative estimate of drug-likeness (QED) is 0.425. The molecule has 0 saturated carbocycles. The van der Waals surface area contributed by atoms with Gasteiger partial charge in [0.2, 0.25) is 0 Å². The van der Waals surface area contributed by atoms with Gasteiger partial charge in [-0.05, 0) is 68.5 Å². The summed E-state index contributed by atoms with van der Waals surface area (Å²) in [7, 11) is 1.86. The molecule has 0 aliphatic rings. The van der Waals surface area contributed by atoms with E-state index in [1.165, 1.54) is 4.88 Å². The van der Waals surface area contributed by atoms with Crippen molar-refractivity contribution < 1.29 is 14.7 Å². The number of aryl methyl sites for hydroxylation is 4. The van der Waals surface area contributed by atoms with Crippen LogP contribution in [0.2, 0.25) is 0 Å². The van der Waals surface area contributed by atoms with Crippen LogP contribution in [0.15, 0.2) is 48.5 Å². The lowest BCUT2D eigenvalue weighted by molar-refractivity contribution is -0.139. The van der Waals surface area contributed by atoms with E-state index < -0.39 is 12.0 Å². The van der Waals surface area contributed by atoms with E-state index >= 15 is 0 Å². The molecule has 0 aliphatic heterocycles. The molecule has 1 atom stereocenters. The number of amides is 1. The van der Waals surface area contributed by atoms with Gasteiger partial charge in [0.15, 0.2) is 0 Å². The molecule has 2 aromatic heterocycles. The predicted octanol–water partition coefficient (Wildman–Crippen LogP) is 4.40. The molecular weight excluding hydrogens is 422 g/mol. The normalized spacial score (nSPS) is 11.7. The van der Waals surface area contributed by atoms with E-state index in [0.29, 0.717) is 5.56 Å². The maximum Gasteiger partial charge on any atom is 0.326 e. The topological polar surface area (TPSA) is 91.3 Å². The number of carbonyl (C=O) groups excluding carboxylic acids is 1. The fraction of sp³-hybridized carbons (Fsp3) is 0.320. The van der Waals surface area contributed by atoms with Crippen LogP contribution in [0.4, 0.5) is 5.82 Å². The Morgan fingerprint density at radius 1 is 1.00 bits per heavy atom. The van der Waals surface area contributed by atoms with Gasteiger partial charge in [-0.2, -0.15) is 0 Å². The maximum absolute atomic E-state index is 12.7. The van der Waals surface area contributed by atoms with Gasteiger partial charge in [0, 0.05) is 34.5 Å². The third kappa shape index (κ3) is 6.17. The zero-order valence-electron chi connectivity index (χ0n) is 18.6. The summed E-state index contributed by atoms with van der Waals surface area (Å²) in [5.41, 5.74) is 3.26. The second-order valence-electron chi connectivity index (χ2n) is 7.82. The lowest BCUT2D eigenvalue weighted by Crippen LogP contribution is -2.42. The standard InChI is InChI=1S/C25H29N3O3S/c1-16-7-4-8-17(2)23(16)24(29)28-21(25(30)31)15-20-14-13-19(32-20)11-5-9-18-10-6-12-22(26-3)27-18/h4,6-8,10,12-14,21H,5,9,11,15H2,1-3H3,(H,26,27)(H,28,29)(H,30,31)/t21-/m0/s1. The van der Waals surface area contributed by atoms with Crippen LogP contribution in [-0.2, 0) is 24.1 Å². The number of hydrogen-bond acceptors (Lipinski definition) is 5. The first-order valence-corrected chi connectivity index (χ1v) is 11.5. The molecule has 0 unspecified atom stereocenters. The molecule has 168 valence electrons. The second kappa shape index (κ2) is 10.9. The Balaban J connectivity index is 1.58. The largest absolute Gasteiger partial charge is 0.480 e. The molecule has 7 heteroatoms. The van der Waals surface area contributed by atoms with E-state index in [1.807, 2.05) is 69.4 Å². The van der Waals surface area contributed by atoms with Gasteiger partial charge in [-0.3, -0.25) is 4.79 Å². The molecule has 6 nitrogen and oxygen atoms in total. The van der Waals surface area contributed by atoms with Gasteiger partial charge in [0.05, 0.1) is 0 Å². The summed E-state index contributed by atoms with van der Waals surface area (Å²) in [4.78, 5) is 31.2. The van der Waals surface area contributed by atoms with Crippen LogP contribution < -0.4 is 10.6 Å². The number of nitrogens with zero attached hydrogens (tertiary/aromatic N) is 1. The van der Waals surface area contributed by atoms with E-state index in [9.17, 15) is 14.7 Å². The minimum absolute atomic E-state index is 0.266. The Bertz CT molecular complexity index is 1070. The van der Waals surface area contributed by atoms with Crippen LogP contribution >= 0.6 is 11.3 Å². The van der Waals surface area contributed by atoms with Crippen molar-refractivity contribution in [1.82, 2.24) is 10.3 Å². The Labute approximate surface area is 192 Å². The number of carboxylic acid groups (broad SMARTS) is 1. The Morgan fingerprint density at radius 3 is 2.38 bits per heavy atom. The first kappa shape index (κ1) is 23.5. The zero-order chi connectivity index (χ0) is 23.1. The summed E-state index contributed by atoms with van der Waals surface area (Å²) in [6.07, 6.45) is 3.02. The van der Waals surface area contributed by atoms with Crippen LogP contribution in [0.3, 0.4) is 0 Å². The molecular formula is C25H29N3O3S. The molecule has 3 aromatic rings. The summed E-state index contributed by atoms with van der Waals surface area (Å²) < 4.78 is 0.